The molecule has 0 spiro atoms. The number of aliphatic hydroxyl groups is 4. The molecular formula is C114H184O16. The van der Waals surface area contributed by atoms with Gasteiger partial charge in [-0.15, -0.1) is 0 Å². The Balaban J connectivity index is -0.000000667. The summed E-state index contributed by atoms with van der Waals surface area (Å²) in [5.74, 6) is 4.68. The number of rotatable bonds is 35. The van der Waals surface area contributed by atoms with Gasteiger partial charge in [-0.25, -0.2) is 0 Å². The Morgan fingerprint density at radius 1 is 0.315 bits per heavy atom. The van der Waals surface area contributed by atoms with Crippen molar-refractivity contribution in [2.45, 2.75) is 351 Å². The van der Waals surface area contributed by atoms with E-state index in [2.05, 4.69) is 333 Å². The molecule has 0 bridgehead atoms. The summed E-state index contributed by atoms with van der Waals surface area (Å²) in [7, 11) is 0. The SMILES string of the molecule is CCC(C)(C)C(=O)OCC(C)O.CCC(C)(C)C(=O)OCC1CO1.CCC(C)(C)C(=O)OCCO.CCC(C)C(=O)OCCO.CCC(C)C(=O)OCCO.CCC(C)c1ccc(OC(C)(C)C)cc1.CCC(C)c1ccccc1.CCC(C)c1ccccc1.CCC(C)c1ccccc1.CCC(C)c1ccccc1.CCC(C)c1ccccc1.CCC(C)c1ccccc1. The molecule has 1 aliphatic rings. The van der Waals surface area contributed by atoms with Gasteiger partial charge < -0.3 is 53.6 Å². The highest BCUT2D eigenvalue weighted by molar-refractivity contribution is 5.77. The van der Waals surface area contributed by atoms with Crippen molar-refractivity contribution in [3.05, 3.63) is 245 Å². The summed E-state index contributed by atoms with van der Waals surface area (Å²) in [5.41, 5.74) is 8.76. The second-order valence-electron chi connectivity index (χ2n) is 36.4. The maximum absolute atomic E-state index is 11.4. The lowest BCUT2D eigenvalue weighted by Gasteiger charge is -2.21. The lowest BCUT2D eigenvalue weighted by Crippen LogP contribution is -2.28. The van der Waals surface area contributed by atoms with Crippen molar-refractivity contribution in [2.24, 2.45) is 28.1 Å². The molecule has 7 aromatic rings. The summed E-state index contributed by atoms with van der Waals surface area (Å²) in [6.45, 7) is 64.8. The zero-order chi connectivity index (χ0) is 99.7. The van der Waals surface area contributed by atoms with Gasteiger partial charge >= 0.3 is 29.8 Å². The molecule has 130 heavy (non-hydrogen) atoms. The molecule has 4 N–H and O–H groups in total. The molecule has 1 aliphatic heterocycles. The van der Waals surface area contributed by atoms with E-state index in [1.807, 2.05) is 76.2 Å². The molecular weight excluding hydrogens is 1630 g/mol. The number of hydrogen-bond acceptors (Lipinski definition) is 16. The van der Waals surface area contributed by atoms with Crippen LogP contribution >= 0.6 is 0 Å². The van der Waals surface area contributed by atoms with Crippen LogP contribution < -0.4 is 4.74 Å². The summed E-state index contributed by atoms with van der Waals surface area (Å²) in [6.07, 6.45) is 12.0. The van der Waals surface area contributed by atoms with Crippen LogP contribution in [0.3, 0.4) is 0 Å². The van der Waals surface area contributed by atoms with Crippen molar-refractivity contribution in [2.75, 3.05) is 59.5 Å². The van der Waals surface area contributed by atoms with E-state index in [9.17, 15) is 24.0 Å². The second kappa shape index (κ2) is 77.0. The molecule has 11 unspecified atom stereocenters. The van der Waals surface area contributed by atoms with Gasteiger partial charge in [0.15, 0.2) is 0 Å². The van der Waals surface area contributed by atoms with Crippen molar-refractivity contribution in [1.29, 1.82) is 0 Å². The minimum Gasteiger partial charge on any atom is -0.488 e. The van der Waals surface area contributed by atoms with E-state index in [4.69, 9.17) is 44.1 Å². The average Bonchev–Trinajstić information content (AvgIpc) is 1.49. The van der Waals surface area contributed by atoms with Crippen LogP contribution in [0.2, 0.25) is 0 Å². The van der Waals surface area contributed by atoms with Gasteiger partial charge in [0.2, 0.25) is 0 Å². The fourth-order valence-corrected chi connectivity index (χ4v) is 10.2. The largest absolute Gasteiger partial charge is 0.488 e. The summed E-state index contributed by atoms with van der Waals surface area (Å²) < 4.78 is 34.7. The van der Waals surface area contributed by atoms with Crippen LogP contribution in [-0.2, 0) is 52.4 Å². The number of carbonyl (C=O) groups excluding carboxylic acids is 5. The average molecular weight is 1810 g/mol. The van der Waals surface area contributed by atoms with E-state index in [1.165, 1.54) is 83.9 Å². The second-order valence-corrected chi connectivity index (χ2v) is 36.4. The molecule has 0 radical (unpaired) electrons. The molecule has 0 aliphatic carbocycles. The normalized spacial score (nSPS) is 13.8. The van der Waals surface area contributed by atoms with E-state index >= 15 is 0 Å². The van der Waals surface area contributed by atoms with Crippen LogP contribution in [0.1, 0.15) is 372 Å². The summed E-state index contributed by atoms with van der Waals surface area (Å²) in [6, 6.07) is 72.3. The molecule has 0 saturated carbocycles. The molecule has 0 amide bonds. The van der Waals surface area contributed by atoms with Crippen molar-refractivity contribution in [3.63, 3.8) is 0 Å². The zero-order valence-corrected chi connectivity index (χ0v) is 87.0. The zero-order valence-electron chi connectivity index (χ0n) is 87.0. The number of epoxide rings is 1. The molecule has 8 rings (SSSR count). The van der Waals surface area contributed by atoms with E-state index in [0.29, 0.717) is 48.0 Å². The van der Waals surface area contributed by atoms with Crippen molar-refractivity contribution in [3.8, 4) is 5.75 Å². The molecule has 16 heteroatoms. The fraction of sp³-hybridized carbons (Fsp3) is 0.588. The van der Waals surface area contributed by atoms with Crippen LogP contribution in [0.5, 0.6) is 5.75 Å². The molecule has 7 aromatic carbocycles. The van der Waals surface area contributed by atoms with E-state index in [-0.39, 0.29) is 105 Å². The smallest absolute Gasteiger partial charge is 0.311 e. The van der Waals surface area contributed by atoms with Gasteiger partial charge in [-0.2, -0.15) is 0 Å². The molecule has 1 heterocycles. The number of aliphatic hydroxyl groups excluding tert-OH is 4. The predicted octanol–water partition coefficient (Wildman–Crippen LogP) is 28.4. The summed E-state index contributed by atoms with van der Waals surface area (Å²) >= 11 is 0. The Bertz CT molecular complexity index is 3380. The van der Waals surface area contributed by atoms with Crippen LogP contribution in [0.15, 0.2) is 206 Å². The van der Waals surface area contributed by atoms with Gasteiger partial charge in [0, 0.05) is 0 Å². The van der Waals surface area contributed by atoms with Crippen LogP contribution in [-0.4, -0.2) is 128 Å². The fourth-order valence-electron chi connectivity index (χ4n) is 10.2. The Morgan fingerprint density at radius 2 is 0.531 bits per heavy atom. The Labute approximate surface area is 792 Å². The van der Waals surface area contributed by atoms with Gasteiger partial charge in [0.05, 0.1) is 60.6 Å². The minimum atomic E-state index is -0.582. The van der Waals surface area contributed by atoms with Gasteiger partial charge in [-0.3, -0.25) is 24.0 Å². The number of esters is 5. The van der Waals surface area contributed by atoms with Crippen molar-refractivity contribution in [1.82, 2.24) is 0 Å². The minimum absolute atomic E-state index is 0.0495. The number of carbonyl (C=O) groups is 5. The van der Waals surface area contributed by atoms with Gasteiger partial charge in [-0.05, 0) is 239 Å². The van der Waals surface area contributed by atoms with Crippen LogP contribution in [0, 0.1) is 28.1 Å². The van der Waals surface area contributed by atoms with E-state index < -0.39 is 16.9 Å². The topological polar surface area (TPSA) is 234 Å². The predicted molar refractivity (Wildman–Crippen MR) is 545 cm³/mol. The summed E-state index contributed by atoms with van der Waals surface area (Å²) in [5, 5.41) is 33.8. The van der Waals surface area contributed by atoms with Gasteiger partial charge in [0.1, 0.15) is 50.5 Å². The first kappa shape index (κ1) is 128. The first-order chi connectivity index (χ1) is 61.4. The third-order valence-electron chi connectivity index (χ3n) is 23.0. The van der Waals surface area contributed by atoms with Crippen LogP contribution in [0.25, 0.3) is 0 Å². The highest BCUT2D eigenvalue weighted by Gasteiger charge is 2.31. The van der Waals surface area contributed by atoms with Crippen LogP contribution in [0.4, 0.5) is 0 Å². The van der Waals surface area contributed by atoms with Gasteiger partial charge in [-0.1, -0.05) is 340 Å². The van der Waals surface area contributed by atoms with Crippen molar-refractivity contribution >= 4 is 29.8 Å². The Morgan fingerprint density at radius 3 is 0.723 bits per heavy atom. The number of hydrogen-bond donors (Lipinski definition) is 4. The van der Waals surface area contributed by atoms with Crippen molar-refractivity contribution < 1.29 is 77.6 Å². The highest BCUT2D eigenvalue weighted by atomic mass is 16.6. The summed E-state index contributed by atoms with van der Waals surface area (Å²) in [4.78, 5) is 55.3. The first-order valence-corrected chi connectivity index (χ1v) is 48.5. The first-order valence-electron chi connectivity index (χ1n) is 48.5. The molecule has 0 aromatic heterocycles. The van der Waals surface area contributed by atoms with E-state index in [0.717, 1.165) is 44.5 Å². The Kier molecular flexibility index (Phi) is 75.7. The standard InChI is InChI=1S/C14H22O.6C10H14.C9H16O3.C9H18O3.C8H16O3.2C7H14O3/c1-6-11(2)12-7-9-13(10-8-12)15-14(3,4)5;6*1-3-9(2)10-7-5-4-6-8-10;1-4-9(2,3)8(10)12-6-7-5-11-7;1-5-9(3,4)8(11)12-6-7(2)10;1-4-8(2,3)7(10)11-6-5-9;2*1-3-6(2)7(9)10-5-4-8/h7-11H,6H2,1-5H3;6*4-9H,3H2,1-2H3;7H,4-6H2,1-3H3;7,10H,5-6H2,1-4H3;9H,4-6H2,1-3H3;2*6,8H,3-5H2,1-2H3. The number of benzene rings is 7. The lowest BCUT2D eigenvalue weighted by atomic mass is 9.91. The maximum Gasteiger partial charge on any atom is 0.311 e. The Hall–Kier alpha value is -8.51. The molecule has 1 fully saturated rings. The maximum atomic E-state index is 11.4. The molecule has 1 saturated heterocycles. The third kappa shape index (κ3) is 65.1. The number of ether oxygens (including phenoxy) is 7. The van der Waals surface area contributed by atoms with E-state index in [1.54, 1.807) is 20.8 Å². The molecule has 16 nitrogen and oxygen atoms in total. The molecule has 11 atom stereocenters. The monoisotopic (exact) mass is 1810 g/mol. The molecule has 736 valence electrons. The van der Waals surface area contributed by atoms with Gasteiger partial charge in [0.25, 0.3) is 0 Å². The lowest BCUT2D eigenvalue weighted by molar-refractivity contribution is -0.157. The third-order valence-corrected chi connectivity index (χ3v) is 23.0. The quantitative estimate of drug-likeness (QED) is 0.0164. The highest BCUT2D eigenvalue weighted by Crippen LogP contribution is 2.28.